The van der Waals surface area contributed by atoms with Crippen LogP contribution in [0.3, 0.4) is 0 Å². The molecule has 0 aliphatic carbocycles. The summed E-state index contributed by atoms with van der Waals surface area (Å²) in [6.07, 6.45) is 0.945. The Bertz CT molecular complexity index is 1080. The average molecular weight is 415 g/mol. The Morgan fingerprint density at radius 1 is 0.767 bits per heavy atom. The average Bonchev–Trinajstić information content (AvgIpc) is 3.00. The van der Waals surface area contributed by atoms with E-state index in [1.807, 2.05) is 84.9 Å². The predicted octanol–water partition coefficient (Wildman–Crippen LogP) is 5.23. The van der Waals surface area contributed by atoms with Gasteiger partial charge in [-0.25, -0.2) is 0 Å². The highest BCUT2D eigenvalue weighted by molar-refractivity contribution is 8.04. The van der Waals surface area contributed by atoms with E-state index in [2.05, 4.69) is 12.2 Å². The number of nitrogens with zero attached hydrogens (tertiary/aromatic N) is 1. The highest BCUT2D eigenvalue weighted by Gasteiger charge is 2.39. The number of imide groups is 1. The van der Waals surface area contributed by atoms with Crippen LogP contribution < -0.4 is 5.32 Å². The Morgan fingerprint density at radius 2 is 1.40 bits per heavy atom. The second kappa shape index (κ2) is 9.01. The normalized spacial score (nSPS) is 13.8. The first-order valence-electron chi connectivity index (χ1n) is 9.89. The molecule has 30 heavy (non-hydrogen) atoms. The molecule has 1 aliphatic heterocycles. The van der Waals surface area contributed by atoms with Crippen molar-refractivity contribution in [2.24, 2.45) is 0 Å². The number of anilines is 1. The van der Waals surface area contributed by atoms with Crippen LogP contribution in [0.15, 0.2) is 100 Å². The number of carbonyl (C=O) groups excluding carboxylic acids is 2. The lowest BCUT2D eigenvalue weighted by atomic mass is 10.1. The van der Waals surface area contributed by atoms with Gasteiger partial charge in [-0.1, -0.05) is 79.3 Å². The monoisotopic (exact) mass is 414 g/mol. The topological polar surface area (TPSA) is 49.4 Å². The Hall–Kier alpha value is -3.31. The molecular formula is C25H22N2O2S. The number of rotatable bonds is 7. The van der Waals surface area contributed by atoms with Crippen LogP contribution in [-0.2, 0) is 22.6 Å². The molecule has 4 rings (SSSR count). The number of nitrogens with one attached hydrogen (secondary N) is 1. The molecule has 3 aromatic rings. The van der Waals surface area contributed by atoms with Gasteiger partial charge in [0.2, 0.25) is 0 Å². The van der Waals surface area contributed by atoms with Gasteiger partial charge in [-0.3, -0.25) is 14.5 Å². The molecule has 0 atom stereocenters. The summed E-state index contributed by atoms with van der Waals surface area (Å²) in [6, 6.07) is 27.1. The van der Waals surface area contributed by atoms with Gasteiger partial charge in [-0.2, -0.15) is 0 Å². The molecule has 1 N–H and O–H groups in total. The number of hydrogen-bond acceptors (Lipinski definition) is 4. The molecule has 0 spiro atoms. The van der Waals surface area contributed by atoms with Crippen LogP contribution >= 0.6 is 11.8 Å². The summed E-state index contributed by atoms with van der Waals surface area (Å²) < 4.78 is 0. The second-order valence-corrected chi connectivity index (χ2v) is 8.06. The van der Waals surface area contributed by atoms with Crippen LogP contribution in [0, 0.1) is 0 Å². The van der Waals surface area contributed by atoms with Crippen molar-refractivity contribution in [1.82, 2.24) is 4.90 Å². The van der Waals surface area contributed by atoms with Gasteiger partial charge in [-0.05, 0) is 41.8 Å². The first kappa shape index (κ1) is 20.0. The van der Waals surface area contributed by atoms with E-state index in [1.165, 1.54) is 22.2 Å². The molecule has 4 nitrogen and oxygen atoms in total. The molecule has 0 unspecified atom stereocenters. The van der Waals surface area contributed by atoms with Crippen LogP contribution in [0.4, 0.5) is 5.69 Å². The van der Waals surface area contributed by atoms with Crippen LogP contribution in [0.2, 0.25) is 0 Å². The van der Waals surface area contributed by atoms with Crippen molar-refractivity contribution in [1.29, 1.82) is 0 Å². The molecule has 2 amide bonds. The van der Waals surface area contributed by atoms with Gasteiger partial charge in [-0.15, -0.1) is 0 Å². The van der Waals surface area contributed by atoms with Crippen molar-refractivity contribution in [3.63, 3.8) is 0 Å². The van der Waals surface area contributed by atoms with E-state index in [-0.39, 0.29) is 18.4 Å². The van der Waals surface area contributed by atoms with E-state index in [4.69, 9.17) is 0 Å². The van der Waals surface area contributed by atoms with E-state index < -0.39 is 0 Å². The molecule has 0 aromatic heterocycles. The van der Waals surface area contributed by atoms with Crippen molar-refractivity contribution < 1.29 is 9.59 Å². The van der Waals surface area contributed by atoms with E-state index in [9.17, 15) is 9.59 Å². The summed E-state index contributed by atoms with van der Waals surface area (Å²) >= 11 is 1.32. The standard InChI is InChI=1S/C25H22N2O2S/c1-2-18-13-15-20(16-14-18)26-22-23(30-21-11-7-4-8-12-21)25(29)27(24(22)28)17-19-9-5-3-6-10-19/h3-16,26H,2,17H2,1H3. The van der Waals surface area contributed by atoms with Gasteiger partial charge in [0.15, 0.2) is 0 Å². The lowest BCUT2D eigenvalue weighted by Gasteiger charge is -2.15. The molecule has 0 saturated carbocycles. The van der Waals surface area contributed by atoms with Crippen LogP contribution in [0.5, 0.6) is 0 Å². The van der Waals surface area contributed by atoms with Gasteiger partial charge < -0.3 is 5.32 Å². The van der Waals surface area contributed by atoms with Crippen LogP contribution in [-0.4, -0.2) is 16.7 Å². The number of amides is 2. The summed E-state index contributed by atoms with van der Waals surface area (Å²) in [5.74, 6) is -0.577. The predicted molar refractivity (Wildman–Crippen MR) is 121 cm³/mol. The second-order valence-electron chi connectivity index (χ2n) is 6.98. The van der Waals surface area contributed by atoms with Gasteiger partial charge >= 0.3 is 0 Å². The fraction of sp³-hybridized carbons (Fsp3) is 0.120. The molecule has 3 aromatic carbocycles. The number of hydrogen-bond donors (Lipinski definition) is 1. The number of aryl methyl sites for hydroxylation is 1. The molecule has 0 saturated heterocycles. The lowest BCUT2D eigenvalue weighted by molar-refractivity contribution is -0.137. The highest BCUT2D eigenvalue weighted by atomic mass is 32.2. The summed E-state index contributed by atoms with van der Waals surface area (Å²) in [5.41, 5.74) is 3.25. The third-order valence-electron chi connectivity index (χ3n) is 4.90. The van der Waals surface area contributed by atoms with E-state index >= 15 is 0 Å². The fourth-order valence-electron chi connectivity index (χ4n) is 3.24. The smallest absolute Gasteiger partial charge is 0.278 e. The molecule has 5 heteroatoms. The van der Waals surface area contributed by atoms with Crippen molar-refractivity contribution in [3.05, 3.63) is 107 Å². The van der Waals surface area contributed by atoms with E-state index in [0.717, 1.165) is 22.6 Å². The van der Waals surface area contributed by atoms with Gasteiger partial charge in [0.1, 0.15) is 10.6 Å². The minimum atomic E-state index is -0.304. The van der Waals surface area contributed by atoms with Crippen molar-refractivity contribution in [2.75, 3.05) is 5.32 Å². The molecule has 0 fully saturated rings. The molecule has 150 valence electrons. The van der Waals surface area contributed by atoms with Gasteiger partial charge in [0.25, 0.3) is 11.8 Å². The molecule has 0 bridgehead atoms. The SMILES string of the molecule is CCc1ccc(NC2=C(Sc3ccccc3)C(=O)N(Cc3ccccc3)C2=O)cc1. The zero-order valence-electron chi connectivity index (χ0n) is 16.7. The number of carbonyl (C=O) groups is 2. The molecule has 1 heterocycles. The van der Waals surface area contributed by atoms with Crippen molar-refractivity contribution >= 4 is 29.3 Å². The Balaban J connectivity index is 1.65. The zero-order valence-corrected chi connectivity index (χ0v) is 17.5. The fourth-order valence-corrected chi connectivity index (χ4v) is 4.21. The highest BCUT2D eigenvalue weighted by Crippen LogP contribution is 2.36. The van der Waals surface area contributed by atoms with Crippen molar-refractivity contribution in [3.8, 4) is 0 Å². The zero-order chi connectivity index (χ0) is 20.9. The van der Waals surface area contributed by atoms with Gasteiger partial charge in [0, 0.05) is 10.6 Å². The largest absolute Gasteiger partial charge is 0.350 e. The summed E-state index contributed by atoms with van der Waals surface area (Å²) in [5, 5.41) is 3.21. The number of benzene rings is 3. The van der Waals surface area contributed by atoms with Crippen molar-refractivity contribution in [2.45, 2.75) is 24.8 Å². The minimum Gasteiger partial charge on any atom is -0.350 e. The summed E-state index contributed by atoms with van der Waals surface area (Å²) in [4.78, 5) is 29.1. The maximum atomic E-state index is 13.2. The molecular weight excluding hydrogens is 392 g/mol. The quantitative estimate of drug-likeness (QED) is 0.538. The number of thioether (sulfide) groups is 1. The maximum absolute atomic E-state index is 13.2. The lowest BCUT2D eigenvalue weighted by Crippen LogP contribution is -2.31. The van der Waals surface area contributed by atoms with E-state index in [1.54, 1.807) is 0 Å². The van der Waals surface area contributed by atoms with Gasteiger partial charge in [0.05, 0.1) is 6.54 Å². The Kier molecular flexibility index (Phi) is 6.00. The Labute approximate surface area is 180 Å². The molecule has 0 radical (unpaired) electrons. The molecule has 1 aliphatic rings. The maximum Gasteiger partial charge on any atom is 0.278 e. The summed E-state index contributed by atoms with van der Waals surface area (Å²) in [7, 11) is 0. The van der Waals surface area contributed by atoms with E-state index in [0.29, 0.717) is 10.6 Å². The third kappa shape index (κ3) is 4.31. The third-order valence-corrected chi connectivity index (χ3v) is 5.99. The Morgan fingerprint density at radius 3 is 2.03 bits per heavy atom. The van der Waals surface area contributed by atoms with Crippen LogP contribution in [0.1, 0.15) is 18.1 Å². The van der Waals surface area contributed by atoms with Crippen LogP contribution in [0.25, 0.3) is 0 Å². The first-order valence-corrected chi connectivity index (χ1v) is 10.7. The first-order chi connectivity index (χ1) is 14.7. The minimum absolute atomic E-state index is 0.247. The summed E-state index contributed by atoms with van der Waals surface area (Å²) in [6.45, 7) is 2.34.